The van der Waals surface area contributed by atoms with Crippen molar-refractivity contribution in [3.63, 3.8) is 0 Å². The molecule has 0 atom stereocenters. The van der Waals surface area contributed by atoms with Crippen molar-refractivity contribution in [3.05, 3.63) is 74.6 Å². The fraction of sp³-hybridized carbons (Fsp3) is 0.100. The topological polar surface area (TPSA) is 133 Å². The van der Waals surface area contributed by atoms with Gasteiger partial charge >= 0.3 is 0 Å². The molecule has 1 aliphatic heterocycles. The molecule has 1 aromatic carbocycles. The maximum Gasteiger partial charge on any atom is 0.266 e. The number of anilines is 1. The van der Waals surface area contributed by atoms with Crippen LogP contribution in [0.2, 0.25) is 0 Å². The molecule has 0 bridgehead atoms. The molecule has 0 amide bonds. The normalized spacial score (nSPS) is 15.8. The number of benzene rings is 1. The van der Waals surface area contributed by atoms with Gasteiger partial charge < -0.3 is 15.0 Å². The number of nitrogens with one attached hydrogen (secondary N) is 1. The number of fused-ring (bicyclic) bond motifs is 2. The molecule has 4 heterocycles. The first-order valence-electron chi connectivity index (χ1n) is 9.21. The van der Waals surface area contributed by atoms with E-state index in [0.29, 0.717) is 16.6 Å². The predicted octanol–water partition coefficient (Wildman–Crippen LogP) is 3.81. The second kappa shape index (κ2) is 7.17. The van der Waals surface area contributed by atoms with E-state index in [1.54, 1.807) is 42.6 Å². The Morgan fingerprint density at radius 3 is 2.74 bits per heavy atom. The molecule has 3 aromatic heterocycles. The minimum Gasteiger partial charge on any atom is -0.506 e. The van der Waals surface area contributed by atoms with Crippen LogP contribution in [0.15, 0.2) is 63.0 Å². The standard InChI is InChI=1S/C20H17N5O4S2/c1-11-22-9-12(30-11)10-25-15-7-3-2-5-13(15)17(26)16(20(25)27)18-23-14-6-4-8-21-19(14)31(28,29)24-18/h2-9,26,28-29H,10H2,1H3,(H,23,24). The summed E-state index contributed by atoms with van der Waals surface area (Å²) in [4.78, 5) is 22.6. The molecule has 0 saturated carbocycles. The van der Waals surface area contributed by atoms with Crippen LogP contribution >= 0.6 is 22.1 Å². The van der Waals surface area contributed by atoms with Gasteiger partial charge in [-0.3, -0.25) is 13.9 Å². The van der Waals surface area contributed by atoms with Crippen LogP contribution in [0.4, 0.5) is 5.69 Å². The summed E-state index contributed by atoms with van der Waals surface area (Å²) in [5.74, 6) is -0.408. The molecule has 0 fully saturated rings. The molecular weight excluding hydrogens is 438 g/mol. The number of para-hydroxylation sites is 1. The van der Waals surface area contributed by atoms with E-state index < -0.39 is 16.3 Å². The van der Waals surface area contributed by atoms with Crippen LogP contribution in [0.3, 0.4) is 0 Å². The fourth-order valence-corrected chi connectivity index (χ4v) is 5.41. The van der Waals surface area contributed by atoms with Gasteiger partial charge in [-0.25, -0.2) is 9.97 Å². The smallest absolute Gasteiger partial charge is 0.266 e. The summed E-state index contributed by atoms with van der Waals surface area (Å²) < 4.78 is 26.5. The van der Waals surface area contributed by atoms with Crippen LogP contribution in [0.5, 0.6) is 5.75 Å². The van der Waals surface area contributed by atoms with Crippen molar-refractivity contribution in [3.8, 4) is 5.75 Å². The van der Waals surface area contributed by atoms with Crippen LogP contribution in [-0.4, -0.2) is 34.6 Å². The molecule has 0 saturated heterocycles. The Kier molecular flexibility index (Phi) is 4.55. The van der Waals surface area contributed by atoms with Crippen LogP contribution in [0.25, 0.3) is 10.9 Å². The molecule has 4 N–H and O–H groups in total. The zero-order valence-corrected chi connectivity index (χ0v) is 17.8. The van der Waals surface area contributed by atoms with Crippen LogP contribution < -0.4 is 10.9 Å². The number of amidine groups is 1. The van der Waals surface area contributed by atoms with Gasteiger partial charge in [-0.05, 0) is 42.0 Å². The Morgan fingerprint density at radius 1 is 1.16 bits per heavy atom. The Balaban J connectivity index is 1.75. The van der Waals surface area contributed by atoms with E-state index in [-0.39, 0.29) is 28.7 Å². The average Bonchev–Trinajstić information content (AvgIpc) is 3.16. The Hall–Kier alpha value is -3.25. The lowest BCUT2D eigenvalue weighted by atomic mass is 10.1. The van der Waals surface area contributed by atoms with Gasteiger partial charge in [0.15, 0.2) is 10.9 Å². The summed E-state index contributed by atoms with van der Waals surface area (Å²) in [5, 5.41) is 15.2. The molecule has 0 radical (unpaired) electrons. The maximum absolute atomic E-state index is 13.5. The lowest BCUT2D eigenvalue weighted by Crippen LogP contribution is -2.32. The first kappa shape index (κ1) is 19.7. The van der Waals surface area contributed by atoms with Gasteiger partial charge in [0, 0.05) is 22.7 Å². The number of aryl methyl sites for hydroxylation is 1. The summed E-state index contributed by atoms with van der Waals surface area (Å²) in [7, 11) is -3.65. The molecule has 0 aliphatic carbocycles. The van der Waals surface area contributed by atoms with Crippen molar-refractivity contribution in [1.82, 2.24) is 14.5 Å². The molecule has 158 valence electrons. The average molecular weight is 456 g/mol. The number of thiazole rings is 1. The molecule has 0 unspecified atom stereocenters. The molecular formula is C20H17N5O4S2. The monoisotopic (exact) mass is 455 g/mol. The highest BCUT2D eigenvalue weighted by atomic mass is 32.3. The molecule has 1 aliphatic rings. The van der Waals surface area contributed by atoms with Gasteiger partial charge in [-0.1, -0.05) is 12.1 Å². The van der Waals surface area contributed by atoms with Gasteiger partial charge in [0.2, 0.25) is 0 Å². The van der Waals surface area contributed by atoms with Crippen molar-refractivity contribution < 1.29 is 14.2 Å². The van der Waals surface area contributed by atoms with Gasteiger partial charge in [0.25, 0.3) is 5.56 Å². The number of aromatic hydroxyl groups is 1. The van der Waals surface area contributed by atoms with E-state index in [1.165, 1.54) is 22.1 Å². The highest BCUT2D eigenvalue weighted by Gasteiger charge is 2.31. The van der Waals surface area contributed by atoms with E-state index in [0.717, 1.165) is 9.88 Å². The van der Waals surface area contributed by atoms with E-state index >= 15 is 0 Å². The summed E-state index contributed by atoms with van der Waals surface area (Å²) in [6.07, 6.45) is 3.13. The van der Waals surface area contributed by atoms with Crippen molar-refractivity contribution in [1.29, 1.82) is 0 Å². The minimum absolute atomic E-state index is 0.0144. The largest absolute Gasteiger partial charge is 0.506 e. The Bertz CT molecular complexity index is 1430. The van der Waals surface area contributed by atoms with Crippen molar-refractivity contribution in [2.75, 3.05) is 5.32 Å². The van der Waals surface area contributed by atoms with Gasteiger partial charge in [-0.15, -0.1) is 15.7 Å². The van der Waals surface area contributed by atoms with Crippen LogP contribution in [0, 0.1) is 6.92 Å². The fourth-order valence-electron chi connectivity index (χ4n) is 3.53. The quantitative estimate of drug-likeness (QED) is 0.369. The number of nitrogens with zero attached hydrogens (tertiary/aromatic N) is 4. The highest BCUT2D eigenvalue weighted by Crippen LogP contribution is 2.54. The maximum atomic E-state index is 13.5. The molecule has 4 aromatic rings. The summed E-state index contributed by atoms with van der Waals surface area (Å²) in [5.41, 5.74) is 0.194. The summed E-state index contributed by atoms with van der Waals surface area (Å²) in [6, 6.07) is 10.2. The second-order valence-corrected chi connectivity index (χ2v) is 9.84. The molecule has 31 heavy (non-hydrogen) atoms. The molecule has 0 spiro atoms. The predicted molar refractivity (Wildman–Crippen MR) is 121 cm³/mol. The van der Waals surface area contributed by atoms with Gasteiger partial charge in [0.1, 0.15) is 11.3 Å². The third kappa shape index (κ3) is 3.27. The van der Waals surface area contributed by atoms with Crippen LogP contribution in [-0.2, 0) is 6.54 Å². The summed E-state index contributed by atoms with van der Waals surface area (Å²) >= 11 is 1.47. The third-order valence-electron chi connectivity index (χ3n) is 4.87. The lowest BCUT2D eigenvalue weighted by Gasteiger charge is -2.32. The zero-order valence-electron chi connectivity index (χ0n) is 16.2. The highest BCUT2D eigenvalue weighted by molar-refractivity contribution is 8.23. The third-order valence-corrected chi connectivity index (χ3v) is 7.05. The first-order valence-corrected chi connectivity index (χ1v) is 11.5. The van der Waals surface area contributed by atoms with Crippen molar-refractivity contribution in [2.45, 2.75) is 18.5 Å². The van der Waals surface area contributed by atoms with Gasteiger partial charge in [-0.2, -0.15) is 0 Å². The number of hydrogen-bond donors (Lipinski definition) is 4. The number of hydrogen-bond acceptors (Lipinski definition) is 9. The summed E-state index contributed by atoms with van der Waals surface area (Å²) in [6.45, 7) is 2.13. The van der Waals surface area contributed by atoms with Crippen LogP contribution in [0.1, 0.15) is 15.4 Å². The lowest BCUT2D eigenvalue weighted by molar-refractivity contribution is 0.477. The van der Waals surface area contributed by atoms with Crippen molar-refractivity contribution in [2.24, 2.45) is 4.40 Å². The zero-order chi connectivity index (χ0) is 21.8. The SMILES string of the molecule is Cc1ncc(Cn2c(=O)c(C3=NS(O)(O)c4ncccc4N3)c(O)c3ccccc32)s1. The Labute approximate surface area is 181 Å². The molecule has 9 nitrogen and oxygen atoms in total. The molecule has 5 rings (SSSR count). The van der Waals surface area contributed by atoms with E-state index in [2.05, 4.69) is 19.7 Å². The van der Waals surface area contributed by atoms with E-state index in [1.807, 2.05) is 6.92 Å². The number of pyridine rings is 2. The number of rotatable bonds is 3. The number of aromatic nitrogens is 3. The first-order chi connectivity index (χ1) is 14.8. The Morgan fingerprint density at radius 2 is 1.97 bits per heavy atom. The molecule has 11 heteroatoms. The second-order valence-electron chi connectivity index (χ2n) is 6.92. The van der Waals surface area contributed by atoms with E-state index in [9.17, 15) is 19.0 Å². The minimum atomic E-state index is -3.65. The van der Waals surface area contributed by atoms with E-state index in [4.69, 9.17) is 0 Å². The van der Waals surface area contributed by atoms with Crippen molar-refractivity contribution >= 4 is 44.5 Å². The van der Waals surface area contributed by atoms with Gasteiger partial charge in [0.05, 0.1) is 22.8 Å².